The van der Waals surface area contributed by atoms with Crippen LogP contribution in [0.3, 0.4) is 0 Å². The summed E-state index contributed by atoms with van der Waals surface area (Å²) in [5.41, 5.74) is 5.69. The smallest absolute Gasteiger partial charge is 0.112 e. The van der Waals surface area contributed by atoms with Crippen LogP contribution in [0.1, 0.15) is 0 Å². The van der Waals surface area contributed by atoms with Crippen molar-refractivity contribution in [3.05, 3.63) is 109 Å². The van der Waals surface area contributed by atoms with Crippen molar-refractivity contribution in [2.45, 2.75) is 9.92 Å². The molecule has 3 heteroatoms. The first-order valence-electron chi connectivity index (χ1n) is 11.8. The Morgan fingerprint density at radius 1 is 0.571 bits per heavy atom. The summed E-state index contributed by atoms with van der Waals surface area (Å²) in [7, 11) is 0. The van der Waals surface area contributed by atoms with Gasteiger partial charge in [-0.15, -0.1) is 0 Å². The molecule has 1 aliphatic heterocycles. The lowest BCUT2D eigenvalue weighted by Crippen LogP contribution is -1.98. The van der Waals surface area contributed by atoms with Crippen LogP contribution in [0.15, 0.2) is 119 Å². The van der Waals surface area contributed by atoms with Gasteiger partial charge in [-0.1, -0.05) is 84.6 Å². The van der Waals surface area contributed by atoms with Gasteiger partial charge in [-0.05, 0) is 68.4 Å². The van der Waals surface area contributed by atoms with E-state index < -0.39 is 0 Å². The van der Waals surface area contributed by atoms with E-state index >= 15 is 0 Å². The zero-order valence-electron chi connectivity index (χ0n) is 18.7. The van der Waals surface area contributed by atoms with E-state index in [1.54, 1.807) is 11.8 Å². The van der Waals surface area contributed by atoms with Crippen LogP contribution in [-0.2, 0) is 0 Å². The van der Waals surface area contributed by atoms with Crippen LogP contribution in [0.25, 0.3) is 65.6 Å². The molecular weight excluding hydrogens is 444 g/mol. The molecule has 2 aromatic heterocycles. The topological polar surface area (TPSA) is 25.8 Å². The van der Waals surface area contributed by atoms with Gasteiger partial charge in [0.2, 0.25) is 0 Å². The van der Waals surface area contributed by atoms with E-state index in [4.69, 9.17) is 9.97 Å². The Labute approximate surface area is 206 Å². The van der Waals surface area contributed by atoms with Gasteiger partial charge in [0.15, 0.2) is 0 Å². The Morgan fingerprint density at radius 3 is 2.31 bits per heavy atom. The van der Waals surface area contributed by atoms with Crippen molar-refractivity contribution >= 4 is 55.0 Å². The highest BCUT2D eigenvalue weighted by Gasteiger charge is 2.22. The van der Waals surface area contributed by atoms with Gasteiger partial charge in [-0.25, -0.2) is 4.98 Å². The molecule has 0 aliphatic carbocycles. The number of hydrogen-bond donors (Lipinski definition) is 0. The van der Waals surface area contributed by atoms with Gasteiger partial charge in [0.1, 0.15) is 5.03 Å². The third-order valence-corrected chi connectivity index (χ3v) is 8.17. The normalized spacial score (nSPS) is 12.5. The van der Waals surface area contributed by atoms with Crippen molar-refractivity contribution in [3.8, 4) is 22.4 Å². The highest BCUT2D eigenvalue weighted by atomic mass is 32.2. The largest absolute Gasteiger partial charge is 0.255 e. The molecule has 162 valence electrons. The summed E-state index contributed by atoms with van der Waals surface area (Å²) in [6.45, 7) is 0. The van der Waals surface area contributed by atoms with Crippen LogP contribution in [0.5, 0.6) is 0 Å². The molecule has 0 N–H and O–H groups in total. The summed E-state index contributed by atoms with van der Waals surface area (Å²) in [4.78, 5) is 11.1. The average molecular weight is 463 g/mol. The minimum atomic E-state index is 1.02. The van der Waals surface area contributed by atoms with E-state index in [0.717, 1.165) is 21.6 Å². The Kier molecular flexibility index (Phi) is 3.91. The summed E-state index contributed by atoms with van der Waals surface area (Å²) in [5, 5.41) is 9.68. The molecule has 35 heavy (non-hydrogen) atoms. The fourth-order valence-corrected chi connectivity index (χ4v) is 6.59. The number of aromatic nitrogens is 2. The zero-order valence-corrected chi connectivity index (χ0v) is 19.5. The second-order valence-electron chi connectivity index (χ2n) is 9.02. The van der Waals surface area contributed by atoms with E-state index in [0.29, 0.717) is 0 Å². The monoisotopic (exact) mass is 462 g/mol. The lowest BCUT2D eigenvalue weighted by atomic mass is 9.92. The molecule has 1 aliphatic rings. The number of rotatable bonds is 1. The number of pyridine rings is 2. The quantitative estimate of drug-likeness (QED) is 0.228. The second-order valence-corrected chi connectivity index (χ2v) is 10.1. The van der Waals surface area contributed by atoms with Crippen LogP contribution >= 0.6 is 11.8 Å². The summed E-state index contributed by atoms with van der Waals surface area (Å²) in [6.07, 6.45) is 1.94. The molecular formula is C32H18N2S. The van der Waals surface area contributed by atoms with Crippen molar-refractivity contribution in [2.75, 3.05) is 0 Å². The zero-order chi connectivity index (χ0) is 22.9. The van der Waals surface area contributed by atoms with E-state index in [1.807, 2.05) is 6.20 Å². The van der Waals surface area contributed by atoms with Gasteiger partial charge in [0.05, 0.1) is 11.2 Å². The van der Waals surface area contributed by atoms with E-state index in [9.17, 15) is 0 Å². The summed E-state index contributed by atoms with van der Waals surface area (Å²) >= 11 is 1.74. The maximum Gasteiger partial charge on any atom is 0.112 e. The predicted octanol–water partition coefficient (Wildman–Crippen LogP) is 8.89. The third-order valence-electron chi connectivity index (χ3n) is 7.10. The van der Waals surface area contributed by atoms with Crippen LogP contribution < -0.4 is 0 Å². The molecule has 0 saturated heterocycles. The Balaban J connectivity index is 1.45. The maximum atomic E-state index is 5.10. The lowest BCUT2D eigenvalue weighted by molar-refractivity contribution is 1.19. The van der Waals surface area contributed by atoms with Gasteiger partial charge in [-0.2, -0.15) is 0 Å². The number of fused-ring (bicyclic) bond motifs is 7. The van der Waals surface area contributed by atoms with Crippen LogP contribution in [-0.4, -0.2) is 9.97 Å². The molecule has 8 rings (SSSR count). The maximum absolute atomic E-state index is 5.10. The average Bonchev–Trinajstić information content (AvgIpc) is 2.93. The molecule has 3 heterocycles. The van der Waals surface area contributed by atoms with Crippen molar-refractivity contribution in [1.82, 2.24) is 9.97 Å². The van der Waals surface area contributed by atoms with Gasteiger partial charge < -0.3 is 0 Å². The summed E-state index contributed by atoms with van der Waals surface area (Å²) < 4.78 is 0. The first-order chi connectivity index (χ1) is 17.3. The number of benzene rings is 5. The van der Waals surface area contributed by atoms with Crippen molar-refractivity contribution in [1.29, 1.82) is 0 Å². The van der Waals surface area contributed by atoms with Crippen molar-refractivity contribution in [3.63, 3.8) is 0 Å². The second kappa shape index (κ2) is 7.14. The van der Waals surface area contributed by atoms with E-state index in [2.05, 4.69) is 103 Å². The van der Waals surface area contributed by atoms with Crippen LogP contribution in [0, 0.1) is 0 Å². The minimum absolute atomic E-state index is 1.02. The van der Waals surface area contributed by atoms with Crippen molar-refractivity contribution < 1.29 is 0 Å². The fraction of sp³-hybridized carbons (Fsp3) is 0. The Bertz CT molecular complexity index is 1990. The number of nitrogens with zero attached hydrogens (tertiary/aromatic N) is 2. The van der Waals surface area contributed by atoms with Gasteiger partial charge >= 0.3 is 0 Å². The van der Waals surface area contributed by atoms with Gasteiger partial charge in [-0.3, -0.25) is 4.98 Å². The third kappa shape index (κ3) is 2.73. The fourth-order valence-electron chi connectivity index (χ4n) is 5.51. The van der Waals surface area contributed by atoms with Crippen molar-refractivity contribution in [2.24, 2.45) is 0 Å². The molecule has 2 nitrogen and oxygen atoms in total. The summed E-state index contributed by atoms with van der Waals surface area (Å²) in [6, 6.07) is 37.0. The molecule has 0 saturated carbocycles. The van der Waals surface area contributed by atoms with E-state index in [1.165, 1.54) is 53.9 Å². The molecule has 0 amide bonds. The minimum Gasteiger partial charge on any atom is -0.255 e. The molecule has 0 spiro atoms. The van der Waals surface area contributed by atoms with Gasteiger partial charge in [0, 0.05) is 27.4 Å². The SMILES string of the molecule is c1ccc2c(c1)Sc1nc3ccc(-c4cc5ccccc5c5ccccc45)cc3c3ccnc-2c13. The Morgan fingerprint density at radius 2 is 1.37 bits per heavy atom. The molecule has 0 fully saturated rings. The molecule has 0 bridgehead atoms. The molecule has 5 aromatic carbocycles. The molecule has 0 radical (unpaired) electrons. The predicted molar refractivity (Wildman–Crippen MR) is 147 cm³/mol. The highest BCUT2D eigenvalue weighted by Crippen LogP contribution is 2.47. The molecule has 0 unspecified atom stereocenters. The van der Waals surface area contributed by atoms with Crippen LogP contribution in [0.2, 0.25) is 0 Å². The molecule has 0 atom stereocenters. The first-order valence-corrected chi connectivity index (χ1v) is 12.6. The molecule has 7 aromatic rings. The summed E-state index contributed by atoms with van der Waals surface area (Å²) in [5.74, 6) is 0. The van der Waals surface area contributed by atoms with Crippen LogP contribution in [0.4, 0.5) is 0 Å². The first kappa shape index (κ1) is 19.1. The van der Waals surface area contributed by atoms with E-state index in [-0.39, 0.29) is 0 Å². The highest BCUT2D eigenvalue weighted by molar-refractivity contribution is 7.99. The number of hydrogen-bond acceptors (Lipinski definition) is 3. The standard InChI is InChI=1S/C32H18N2S/c1-2-8-21-19(7-1)17-26(23-10-4-3-9-22(21)23)20-13-14-28-27(18-20)24-15-16-33-31-25-11-5-6-12-29(25)35-32(34-28)30(24)31/h1-18H. The van der Waals surface area contributed by atoms with Gasteiger partial charge in [0.25, 0.3) is 0 Å². The lowest BCUT2D eigenvalue weighted by Gasteiger charge is -2.20. The Hall–Kier alpha value is -4.21.